The Morgan fingerprint density at radius 1 is 1.55 bits per heavy atom. The molecule has 0 saturated carbocycles. The summed E-state index contributed by atoms with van der Waals surface area (Å²) in [5.41, 5.74) is 0.928. The average molecular weight is 154 g/mol. The zero-order chi connectivity index (χ0) is 8.27. The molecule has 2 N–H and O–H groups in total. The van der Waals surface area contributed by atoms with E-state index in [0.29, 0.717) is 11.8 Å². The summed E-state index contributed by atoms with van der Waals surface area (Å²) in [6.07, 6.45) is 2.45. The number of hydrogen-bond donors (Lipinski definition) is 2. The minimum atomic E-state index is 0.430. The minimum absolute atomic E-state index is 0.430. The van der Waals surface area contributed by atoms with Crippen LogP contribution in [0.2, 0.25) is 0 Å². The van der Waals surface area contributed by atoms with Gasteiger partial charge in [-0.25, -0.2) is 0 Å². The van der Waals surface area contributed by atoms with Gasteiger partial charge in [0.05, 0.1) is 0 Å². The van der Waals surface area contributed by atoms with Crippen LogP contribution in [0.3, 0.4) is 0 Å². The number of hydrogen-bond acceptors (Lipinski definition) is 2. The van der Waals surface area contributed by atoms with Crippen LogP contribution in [0, 0.1) is 17.2 Å². The first-order valence-electron chi connectivity index (χ1n) is 4.51. The van der Waals surface area contributed by atoms with Gasteiger partial charge in [-0.05, 0) is 25.3 Å². The Morgan fingerprint density at radius 3 is 2.73 bits per heavy atom. The van der Waals surface area contributed by atoms with Gasteiger partial charge in [-0.3, -0.25) is 0 Å². The predicted molar refractivity (Wildman–Crippen MR) is 48.2 cm³/mol. The predicted octanol–water partition coefficient (Wildman–Crippen LogP) is 1.66. The fourth-order valence-electron chi connectivity index (χ4n) is 1.59. The van der Waals surface area contributed by atoms with Crippen LogP contribution in [-0.4, -0.2) is 18.8 Å². The Labute approximate surface area is 68.9 Å². The van der Waals surface area contributed by atoms with Crippen LogP contribution < -0.4 is 5.32 Å². The second-order valence-electron chi connectivity index (χ2n) is 3.65. The Morgan fingerprint density at radius 2 is 2.27 bits per heavy atom. The van der Waals surface area contributed by atoms with E-state index in [1.54, 1.807) is 0 Å². The van der Waals surface area contributed by atoms with Gasteiger partial charge in [0.25, 0.3) is 0 Å². The maximum absolute atomic E-state index is 7.80. The lowest BCUT2D eigenvalue weighted by atomic mass is 9.88. The van der Waals surface area contributed by atoms with E-state index >= 15 is 0 Å². The zero-order valence-corrected chi connectivity index (χ0v) is 7.48. The second kappa shape index (κ2) is 3.86. The topological polar surface area (TPSA) is 35.9 Å². The molecule has 0 amide bonds. The van der Waals surface area contributed by atoms with Crippen molar-refractivity contribution >= 4 is 5.71 Å². The molecule has 1 fully saturated rings. The highest BCUT2D eigenvalue weighted by atomic mass is 14.9. The maximum Gasteiger partial charge on any atom is 0.0158 e. The maximum atomic E-state index is 7.80. The van der Waals surface area contributed by atoms with Crippen molar-refractivity contribution in [2.45, 2.75) is 26.7 Å². The molecule has 1 saturated heterocycles. The smallest absolute Gasteiger partial charge is 0.0158 e. The van der Waals surface area contributed by atoms with Gasteiger partial charge in [-0.1, -0.05) is 13.8 Å². The van der Waals surface area contributed by atoms with Gasteiger partial charge in [-0.2, -0.15) is 0 Å². The Bertz CT molecular complexity index is 134. The third kappa shape index (κ3) is 2.29. The van der Waals surface area contributed by atoms with Crippen molar-refractivity contribution in [2.24, 2.45) is 11.8 Å². The van der Waals surface area contributed by atoms with Crippen molar-refractivity contribution in [2.75, 3.05) is 13.1 Å². The average Bonchev–Trinajstić information content (AvgIpc) is 2.05. The molecular weight excluding hydrogens is 136 g/mol. The zero-order valence-electron chi connectivity index (χ0n) is 7.48. The summed E-state index contributed by atoms with van der Waals surface area (Å²) in [5, 5.41) is 11.1. The van der Waals surface area contributed by atoms with Gasteiger partial charge >= 0.3 is 0 Å². The van der Waals surface area contributed by atoms with E-state index in [9.17, 15) is 0 Å². The van der Waals surface area contributed by atoms with Crippen molar-refractivity contribution in [3.05, 3.63) is 0 Å². The molecule has 64 valence electrons. The number of rotatable bonds is 2. The van der Waals surface area contributed by atoms with E-state index in [4.69, 9.17) is 5.41 Å². The summed E-state index contributed by atoms with van der Waals surface area (Å²) in [4.78, 5) is 0. The van der Waals surface area contributed by atoms with Crippen molar-refractivity contribution in [3.8, 4) is 0 Å². The number of piperidine rings is 1. The molecule has 1 aliphatic heterocycles. The molecule has 1 atom stereocenters. The highest BCUT2D eigenvalue weighted by molar-refractivity contribution is 5.85. The van der Waals surface area contributed by atoms with E-state index in [-0.39, 0.29) is 0 Å². The van der Waals surface area contributed by atoms with E-state index in [1.165, 1.54) is 12.8 Å². The van der Waals surface area contributed by atoms with Gasteiger partial charge in [-0.15, -0.1) is 0 Å². The molecule has 1 heterocycles. The normalized spacial score (nSPS) is 25.5. The van der Waals surface area contributed by atoms with E-state index in [0.717, 1.165) is 18.8 Å². The first-order valence-corrected chi connectivity index (χ1v) is 4.51. The summed E-state index contributed by atoms with van der Waals surface area (Å²) in [6.45, 7) is 6.38. The van der Waals surface area contributed by atoms with Crippen molar-refractivity contribution in [3.63, 3.8) is 0 Å². The fourth-order valence-corrected chi connectivity index (χ4v) is 1.59. The Hall–Kier alpha value is -0.370. The lowest BCUT2D eigenvalue weighted by Gasteiger charge is -2.25. The molecule has 0 radical (unpaired) electrons. The first-order chi connectivity index (χ1) is 5.22. The monoisotopic (exact) mass is 154 g/mol. The summed E-state index contributed by atoms with van der Waals surface area (Å²) in [6, 6.07) is 0. The molecule has 2 nitrogen and oxygen atoms in total. The third-order valence-electron chi connectivity index (χ3n) is 2.36. The number of nitrogens with one attached hydrogen (secondary N) is 2. The second-order valence-corrected chi connectivity index (χ2v) is 3.65. The molecule has 2 heteroatoms. The first kappa shape index (κ1) is 8.72. The Kier molecular flexibility index (Phi) is 3.06. The van der Waals surface area contributed by atoms with Crippen molar-refractivity contribution < 1.29 is 0 Å². The lowest BCUT2D eigenvalue weighted by Crippen LogP contribution is -2.35. The van der Waals surface area contributed by atoms with Gasteiger partial charge in [0.15, 0.2) is 0 Å². The van der Waals surface area contributed by atoms with Crippen LogP contribution >= 0.6 is 0 Å². The van der Waals surface area contributed by atoms with Crippen LogP contribution in [0.15, 0.2) is 0 Å². The van der Waals surface area contributed by atoms with Gasteiger partial charge in [0.1, 0.15) is 0 Å². The van der Waals surface area contributed by atoms with Crippen LogP contribution in [-0.2, 0) is 0 Å². The standard InChI is InChI=1S/C9H18N2/c1-7(2)9(10)8-4-3-5-11-6-8/h7-8,10-11H,3-6H2,1-2H3/t8-/m1/s1. The van der Waals surface area contributed by atoms with Crippen LogP contribution in [0.5, 0.6) is 0 Å². The molecule has 0 aromatic rings. The molecule has 0 aliphatic carbocycles. The minimum Gasteiger partial charge on any atom is -0.316 e. The largest absolute Gasteiger partial charge is 0.316 e. The molecular formula is C9H18N2. The highest BCUT2D eigenvalue weighted by Gasteiger charge is 2.19. The summed E-state index contributed by atoms with van der Waals surface area (Å²) in [5.74, 6) is 0.948. The summed E-state index contributed by atoms with van der Waals surface area (Å²) < 4.78 is 0. The van der Waals surface area contributed by atoms with Gasteiger partial charge in [0.2, 0.25) is 0 Å². The van der Waals surface area contributed by atoms with E-state index < -0.39 is 0 Å². The summed E-state index contributed by atoms with van der Waals surface area (Å²) >= 11 is 0. The quantitative estimate of drug-likeness (QED) is 0.583. The van der Waals surface area contributed by atoms with E-state index in [2.05, 4.69) is 19.2 Å². The third-order valence-corrected chi connectivity index (χ3v) is 2.36. The molecule has 0 bridgehead atoms. The molecule has 1 rings (SSSR count). The van der Waals surface area contributed by atoms with Crippen LogP contribution in [0.1, 0.15) is 26.7 Å². The molecule has 0 spiro atoms. The molecule has 0 unspecified atom stereocenters. The Balaban J connectivity index is 2.39. The molecule has 1 aliphatic rings. The van der Waals surface area contributed by atoms with Crippen molar-refractivity contribution in [1.29, 1.82) is 5.41 Å². The van der Waals surface area contributed by atoms with E-state index in [1.807, 2.05) is 0 Å². The highest BCUT2D eigenvalue weighted by Crippen LogP contribution is 2.15. The van der Waals surface area contributed by atoms with Crippen LogP contribution in [0.4, 0.5) is 0 Å². The molecule has 0 aromatic heterocycles. The fraction of sp³-hybridized carbons (Fsp3) is 0.889. The van der Waals surface area contributed by atoms with Crippen LogP contribution in [0.25, 0.3) is 0 Å². The molecule has 0 aromatic carbocycles. The lowest BCUT2D eigenvalue weighted by molar-refractivity contribution is 0.446. The van der Waals surface area contributed by atoms with Gasteiger partial charge in [0, 0.05) is 18.2 Å². The van der Waals surface area contributed by atoms with Gasteiger partial charge < -0.3 is 10.7 Å². The SMILES string of the molecule is CC(C)C(=N)[C@@H]1CCCNC1. The van der Waals surface area contributed by atoms with Crippen molar-refractivity contribution in [1.82, 2.24) is 5.32 Å². The summed E-state index contributed by atoms with van der Waals surface area (Å²) in [7, 11) is 0. The molecule has 11 heavy (non-hydrogen) atoms.